The number of hydrogen-bond acceptors (Lipinski definition) is 8. The number of likely N-dealkylation sites (tertiary alicyclic amines) is 1. The van der Waals surface area contributed by atoms with Gasteiger partial charge in [-0.1, -0.05) is 55.3 Å². The topological polar surface area (TPSA) is 122 Å². The van der Waals surface area contributed by atoms with E-state index in [9.17, 15) is 9.59 Å². The molecule has 0 bridgehead atoms. The minimum absolute atomic E-state index is 0.0455. The van der Waals surface area contributed by atoms with E-state index in [0.717, 1.165) is 50.9 Å². The molecule has 2 aromatic carbocycles. The number of carbonyl (C=O) groups is 1. The summed E-state index contributed by atoms with van der Waals surface area (Å²) in [5, 5.41) is 4.58. The van der Waals surface area contributed by atoms with Crippen LogP contribution in [-0.4, -0.2) is 53.1 Å². The van der Waals surface area contributed by atoms with Gasteiger partial charge in [0, 0.05) is 19.5 Å². The Morgan fingerprint density at radius 2 is 1.97 bits per heavy atom. The van der Waals surface area contributed by atoms with Crippen LogP contribution in [0.25, 0.3) is 11.5 Å². The molecular weight excluding hydrogens is 512 g/mol. The number of rotatable bonds is 8. The van der Waals surface area contributed by atoms with Crippen molar-refractivity contribution in [1.29, 1.82) is 0 Å². The summed E-state index contributed by atoms with van der Waals surface area (Å²) in [4.78, 5) is 26.8. The summed E-state index contributed by atoms with van der Waals surface area (Å²) >= 11 is 6.45. The highest BCUT2D eigenvalue weighted by Gasteiger charge is 2.33. The van der Waals surface area contributed by atoms with Gasteiger partial charge in [0.25, 0.3) is 5.89 Å². The van der Waals surface area contributed by atoms with Crippen molar-refractivity contribution in [3.63, 3.8) is 0 Å². The van der Waals surface area contributed by atoms with Gasteiger partial charge in [-0.2, -0.15) is 4.68 Å². The Bertz CT molecular complexity index is 1330. The molecular formula is C27H31ClN4O6. The van der Waals surface area contributed by atoms with Crippen LogP contribution in [0.3, 0.4) is 0 Å². The number of halogens is 1. The van der Waals surface area contributed by atoms with E-state index in [-0.39, 0.29) is 46.9 Å². The van der Waals surface area contributed by atoms with Gasteiger partial charge in [0.15, 0.2) is 11.5 Å². The van der Waals surface area contributed by atoms with Gasteiger partial charge in [-0.15, -0.1) is 5.10 Å². The van der Waals surface area contributed by atoms with Crippen molar-refractivity contribution >= 4 is 17.7 Å². The number of amides is 1. The number of aromatic nitrogens is 2. The third kappa shape index (κ3) is 5.66. The van der Waals surface area contributed by atoms with Crippen LogP contribution in [-0.2, 0) is 6.42 Å². The van der Waals surface area contributed by atoms with E-state index < -0.39 is 11.8 Å². The maximum absolute atomic E-state index is 12.9. The molecule has 0 aliphatic carbocycles. The molecule has 0 saturated carbocycles. The minimum Gasteiger partial charge on any atom is -0.482 e. The molecule has 10 nitrogen and oxygen atoms in total. The molecule has 1 unspecified atom stereocenters. The number of unbranched alkanes of at least 4 members (excludes halogenated alkanes) is 1. The lowest BCUT2D eigenvalue weighted by molar-refractivity contribution is 0.0888. The summed E-state index contributed by atoms with van der Waals surface area (Å²) in [5.41, 5.74) is 6.65. The molecule has 2 N–H and O–H groups in total. The Hall–Kier alpha value is -3.50. The second-order valence-corrected chi connectivity index (χ2v) is 10.0. The average Bonchev–Trinajstić information content (AvgIpc) is 3.31. The van der Waals surface area contributed by atoms with E-state index in [1.54, 1.807) is 0 Å². The van der Waals surface area contributed by atoms with Gasteiger partial charge in [-0.25, -0.2) is 9.59 Å². The van der Waals surface area contributed by atoms with Crippen LogP contribution in [0.1, 0.15) is 44.2 Å². The molecule has 0 spiro atoms. The van der Waals surface area contributed by atoms with Crippen LogP contribution in [0.5, 0.6) is 17.2 Å². The molecule has 11 heteroatoms. The van der Waals surface area contributed by atoms with Gasteiger partial charge in [0.05, 0.1) is 16.6 Å². The largest absolute Gasteiger partial charge is 0.482 e. The van der Waals surface area contributed by atoms with Gasteiger partial charge >= 0.3 is 11.8 Å². The average molecular weight is 543 g/mol. The zero-order valence-electron chi connectivity index (χ0n) is 21.2. The molecule has 1 atom stereocenters. The lowest BCUT2D eigenvalue weighted by Crippen LogP contribution is -2.37. The number of benzene rings is 2. The van der Waals surface area contributed by atoms with Crippen molar-refractivity contribution in [1.82, 2.24) is 14.7 Å². The fourth-order valence-corrected chi connectivity index (χ4v) is 5.18. The van der Waals surface area contributed by atoms with Gasteiger partial charge < -0.3 is 29.3 Å². The number of ether oxygens (including phenoxy) is 3. The Morgan fingerprint density at radius 1 is 1.21 bits per heavy atom. The number of hydrogen-bond donors (Lipinski definition) is 1. The molecule has 2 aliphatic rings. The second kappa shape index (κ2) is 11.5. The predicted molar refractivity (Wildman–Crippen MR) is 141 cm³/mol. The number of carbonyl (C=O) groups excluding carboxylic acids is 1. The smallest absolute Gasteiger partial charge is 0.437 e. The fraction of sp³-hybridized carbons (Fsp3) is 0.444. The summed E-state index contributed by atoms with van der Waals surface area (Å²) in [6.45, 7) is 5.23. The normalized spacial score (nSPS) is 17.9. The van der Waals surface area contributed by atoms with Crippen LogP contribution < -0.4 is 25.7 Å². The number of nitrogens with zero attached hydrogens (tertiary/aromatic N) is 3. The maximum Gasteiger partial charge on any atom is 0.437 e. The Kier molecular flexibility index (Phi) is 7.90. The van der Waals surface area contributed by atoms with E-state index >= 15 is 0 Å². The molecule has 202 valence electrons. The van der Waals surface area contributed by atoms with Gasteiger partial charge in [-0.3, -0.25) is 0 Å². The lowest BCUT2D eigenvalue weighted by Gasteiger charge is -2.31. The van der Waals surface area contributed by atoms with Crippen LogP contribution in [0.4, 0.5) is 4.79 Å². The van der Waals surface area contributed by atoms with E-state index in [1.807, 2.05) is 30.3 Å². The standard InChI is InChI=1S/C27H31ClN4O6/c1-2-3-11-31-12-9-18(10-13-31)32-27(34)38-25(30-32)20-15-21(28)23(37-26(29)33)24-22(20)36-19(16-35-24)14-17-7-5-4-6-8-17/h4-8,15,18-19H,2-3,9-14,16H2,1H3,(H2,29,33). The number of nitrogens with two attached hydrogens (primary N) is 1. The van der Waals surface area contributed by atoms with Gasteiger partial charge in [0.1, 0.15) is 12.7 Å². The van der Waals surface area contributed by atoms with Crippen molar-refractivity contribution in [3.05, 3.63) is 57.5 Å². The van der Waals surface area contributed by atoms with E-state index in [0.29, 0.717) is 12.0 Å². The molecule has 1 amide bonds. The van der Waals surface area contributed by atoms with Gasteiger partial charge in [0.2, 0.25) is 5.75 Å². The highest BCUT2D eigenvalue weighted by Crippen LogP contribution is 2.50. The number of primary amides is 1. The minimum atomic E-state index is -1.04. The first kappa shape index (κ1) is 26.1. The van der Waals surface area contributed by atoms with E-state index in [4.69, 9.17) is 36.0 Å². The molecule has 5 rings (SSSR count). The summed E-state index contributed by atoms with van der Waals surface area (Å²) in [5.74, 6) is -0.224. The van der Waals surface area contributed by atoms with Crippen molar-refractivity contribution in [3.8, 4) is 28.7 Å². The third-order valence-electron chi connectivity index (χ3n) is 6.88. The first-order chi connectivity index (χ1) is 18.4. The van der Waals surface area contributed by atoms with E-state index in [2.05, 4.69) is 16.9 Å². The quantitative estimate of drug-likeness (QED) is 0.443. The van der Waals surface area contributed by atoms with Crippen LogP contribution in [0, 0.1) is 0 Å². The van der Waals surface area contributed by atoms with Gasteiger partial charge in [-0.05, 0) is 37.4 Å². The SMILES string of the molecule is CCCCN1CCC(n2nc(-c3cc(Cl)c(OC(N)=O)c4c3OC(Cc3ccccc3)CO4)oc2=O)CC1. The molecule has 1 saturated heterocycles. The fourth-order valence-electron chi connectivity index (χ4n) is 4.95. The molecule has 0 radical (unpaired) electrons. The first-order valence-corrected chi connectivity index (χ1v) is 13.3. The molecule has 1 fully saturated rings. The van der Waals surface area contributed by atoms with Crippen molar-refractivity contribution in [2.45, 2.75) is 51.2 Å². The van der Waals surface area contributed by atoms with Crippen molar-refractivity contribution in [2.24, 2.45) is 5.73 Å². The van der Waals surface area contributed by atoms with Crippen molar-refractivity contribution in [2.75, 3.05) is 26.2 Å². The first-order valence-electron chi connectivity index (χ1n) is 12.9. The maximum atomic E-state index is 12.9. The van der Waals surface area contributed by atoms with Crippen LogP contribution >= 0.6 is 11.6 Å². The summed E-state index contributed by atoms with van der Waals surface area (Å²) in [6, 6.07) is 11.3. The number of piperidine rings is 1. The molecule has 38 heavy (non-hydrogen) atoms. The molecule has 3 aromatic rings. The highest BCUT2D eigenvalue weighted by molar-refractivity contribution is 6.33. The Labute approximate surface area is 225 Å². The predicted octanol–water partition coefficient (Wildman–Crippen LogP) is 4.43. The Morgan fingerprint density at radius 3 is 2.68 bits per heavy atom. The molecule has 2 aliphatic heterocycles. The van der Waals surface area contributed by atoms with Crippen molar-refractivity contribution < 1.29 is 23.4 Å². The lowest BCUT2D eigenvalue weighted by atomic mass is 10.1. The molecule has 3 heterocycles. The van der Waals surface area contributed by atoms with Crippen LogP contribution in [0.2, 0.25) is 5.02 Å². The molecule has 1 aromatic heterocycles. The third-order valence-corrected chi connectivity index (χ3v) is 7.16. The zero-order valence-corrected chi connectivity index (χ0v) is 22.0. The van der Waals surface area contributed by atoms with Crippen LogP contribution in [0.15, 0.2) is 45.6 Å². The second-order valence-electron chi connectivity index (χ2n) is 9.60. The summed E-state index contributed by atoms with van der Waals surface area (Å²) < 4.78 is 24.4. The zero-order chi connectivity index (χ0) is 26.6. The summed E-state index contributed by atoms with van der Waals surface area (Å²) in [6.07, 6.45) is 3.10. The van der Waals surface area contributed by atoms with E-state index in [1.165, 1.54) is 10.7 Å². The highest BCUT2D eigenvalue weighted by atomic mass is 35.5. The summed E-state index contributed by atoms with van der Waals surface area (Å²) in [7, 11) is 0. The Balaban J connectivity index is 1.45. The monoisotopic (exact) mass is 542 g/mol. The number of fused-ring (bicyclic) bond motifs is 1.